The van der Waals surface area contributed by atoms with E-state index in [2.05, 4.69) is 32.8 Å². The second kappa shape index (κ2) is 6.74. The van der Waals surface area contributed by atoms with Crippen LogP contribution in [0.25, 0.3) is 0 Å². The molecule has 2 N–H and O–H groups in total. The average molecular weight is 246 g/mol. The van der Waals surface area contributed by atoms with Gasteiger partial charge in [0.2, 0.25) is 5.91 Å². The molecule has 5 heteroatoms. The van der Waals surface area contributed by atoms with E-state index >= 15 is 0 Å². The van der Waals surface area contributed by atoms with E-state index in [9.17, 15) is 4.79 Å². The largest absolute Gasteiger partial charge is 0.367 e. The number of hydrogen-bond acceptors (Lipinski definition) is 4. The number of nitrogens with zero attached hydrogens (tertiary/aromatic N) is 2. The lowest BCUT2D eigenvalue weighted by molar-refractivity contribution is -0.121. The number of carbonyl (C=O) groups excluding carboxylic acids is 1. The van der Waals surface area contributed by atoms with Gasteiger partial charge in [0.15, 0.2) is 0 Å². The second-order valence-electron chi connectivity index (χ2n) is 4.34. The van der Waals surface area contributed by atoms with Crippen LogP contribution in [0.5, 0.6) is 0 Å². The standard InChI is InChI=1S/C13H18N4O/c18-13(9-11-3-1-2-4-11)17-8-7-16-12-10-14-5-6-15-12/h1,3,5-6,10-11H,2,4,7-9H2,(H,15,16)(H,17,18). The Balaban J connectivity index is 1.57. The van der Waals surface area contributed by atoms with Gasteiger partial charge in [-0.3, -0.25) is 9.78 Å². The SMILES string of the molecule is O=C(CC1C=CCC1)NCCNc1cnccn1. The molecule has 1 aromatic rings. The lowest BCUT2D eigenvalue weighted by atomic mass is 10.1. The van der Waals surface area contributed by atoms with E-state index < -0.39 is 0 Å². The first kappa shape index (κ1) is 12.5. The van der Waals surface area contributed by atoms with E-state index in [0.29, 0.717) is 25.4 Å². The maximum absolute atomic E-state index is 11.6. The fraction of sp³-hybridized carbons (Fsp3) is 0.462. The van der Waals surface area contributed by atoms with Gasteiger partial charge in [0.05, 0.1) is 6.20 Å². The van der Waals surface area contributed by atoms with Gasteiger partial charge >= 0.3 is 0 Å². The summed E-state index contributed by atoms with van der Waals surface area (Å²) in [7, 11) is 0. The van der Waals surface area contributed by atoms with Crippen molar-refractivity contribution in [2.45, 2.75) is 19.3 Å². The van der Waals surface area contributed by atoms with E-state index in [4.69, 9.17) is 0 Å². The molecular formula is C13H18N4O. The van der Waals surface area contributed by atoms with Crippen molar-refractivity contribution in [2.75, 3.05) is 18.4 Å². The van der Waals surface area contributed by atoms with Crippen LogP contribution < -0.4 is 10.6 Å². The molecule has 96 valence electrons. The Morgan fingerprint density at radius 2 is 2.33 bits per heavy atom. The molecule has 18 heavy (non-hydrogen) atoms. The van der Waals surface area contributed by atoms with Crippen molar-refractivity contribution in [1.29, 1.82) is 0 Å². The summed E-state index contributed by atoms with van der Waals surface area (Å²) >= 11 is 0. The summed E-state index contributed by atoms with van der Waals surface area (Å²) in [6.07, 6.45) is 12.0. The second-order valence-corrected chi connectivity index (χ2v) is 4.34. The summed E-state index contributed by atoms with van der Waals surface area (Å²) in [5.41, 5.74) is 0. The minimum Gasteiger partial charge on any atom is -0.367 e. The zero-order chi connectivity index (χ0) is 12.6. The highest BCUT2D eigenvalue weighted by Crippen LogP contribution is 2.19. The zero-order valence-electron chi connectivity index (χ0n) is 10.3. The highest BCUT2D eigenvalue weighted by Gasteiger charge is 2.13. The predicted molar refractivity (Wildman–Crippen MR) is 70.0 cm³/mol. The molecule has 1 amide bonds. The number of hydrogen-bond donors (Lipinski definition) is 2. The van der Waals surface area contributed by atoms with Crippen LogP contribution in [0.4, 0.5) is 5.82 Å². The molecule has 0 saturated carbocycles. The van der Waals surface area contributed by atoms with Crippen LogP contribution in [0.2, 0.25) is 0 Å². The first-order valence-corrected chi connectivity index (χ1v) is 6.28. The number of carbonyl (C=O) groups is 1. The number of allylic oxidation sites excluding steroid dienone is 2. The number of amides is 1. The molecular weight excluding hydrogens is 228 g/mol. The number of nitrogens with one attached hydrogen (secondary N) is 2. The van der Waals surface area contributed by atoms with Crippen LogP contribution in [-0.2, 0) is 4.79 Å². The Hall–Kier alpha value is -1.91. The Labute approximate surface area is 107 Å². The predicted octanol–water partition coefficient (Wildman–Crippen LogP) is 1.36. The van der Waals surface area contributed by atoms with E-state index in [1.165, 1.54) is 0 Å². The van der Waals surface area contributed by atoms with Gasteiger partial charge in [-0.25, -0.2) is 4.98 Å². The fourth-order valence-electron chi connectivity index (χ4n) is 1.96. The lowest BCUT2D eigenvalue weighted by Crippen LogP contribution is -2.29. The van der Waals surface area contributed by atoms with E-state index in [1.807, 2.05) is 0 Å². The summed E-state index contributed by atoms with van der Waals surface area (Å²) in [5.74, 6) is 1.27. The van der Waals surface area contributed by atoms with Gasteiger partial charge in [0.25, 0.3) is 0 Å². The molecule has 0 aromatic carbocycles. The Morgan fingerprint density at radius 1 is 1.39 bits per heavy atom. The van der Waals surface area contributed by atoms with Crippen molar-refractivity contribution in [1.82, 2.24) is 15.3 Å². The zero-order valence-corrected chi connectivity index (χ0v) is 10.3. The van der Waals surface area contributed by atoms with Gasteiger partial charge in [-0.15, -0.1) is 0 Å². The fourth-order valence-corrected chi connectivity index (χ4v) is 1.96. The summed E-state index contributed by atoms with van der Waals surface area (Å²) in [5, 5.41) is 5.99. The van der Waals surface area contributed by atoms with E-state index in [-0.39, 0.29) is 5.91 Å². The molecule has 0 saturated heterocycles. The molecule has 0 aliphatic heterocycles. The maximum atomic E-state index is 11.6. The first-order valence-electron chi connectivity index (χ1n) is 6.28. The third-order valence-electron chi connectivity index (χ3n) is 2.88. The van der Waals surface area contributed by atoms with Crippen LogP contribution in [0, 0.1) is 5.92 Å². The molecule has 0 fully saturated rings. The Morgan fingerprint density at radius 3 is 3.06 bits per heavy atom. The molecule has 1 aliphatic rings. The lowest BCUT2D eigenvalue weighted by Gasteiger charge is -2.09. The van der Waals surface area contributed by atoms with Gasteiger partial charge < -0.3 is 10.6 Å². The van der Waals surface area contributed by atoms with Crippen LogP contribution in [0.1, 0.15) is 19.3 Å². The minimum absolute atomic E-state index is 0.118. The van der Waals surface area contributed by atoms with Crippen LogP contribution >= 0.6 is 0 Å². The molecule has 1 unspecified atom stereocenters. The third kappa shape index (κ3) is 4.16. The summed E-state index contributed by atoms with van der Waals surface area (Å²) in [6.45, 7) is 1.26. The van der Waals surface area contributed by atoms with Crippen molar-refractivity contribution in [3.8, 4) is 0 Å². The van der Waals surface area contributed by atoms with E-state index in [0.717, 1.165) is 18.7 Å². The molecule has 2 rings (SSSR count). The van der Waals surface area contributed by atoms with Gasteiger partial charge in [-0.1, -0.05) is 12.2 Å². The van der Waals surface area contributed by atoms with Gasteiger partial charge in [0, 0.05) is 31.9 Å². The molecule has 0 spiro atoms. The molecule has 0 radical (unpaired) electrons. The van der Waals surface area contributed by atoms with Crippen molar-refractivity contribution in [3.63, 3.8) is 0 Å². The highest BCUT2D eigenvalue weighted by molar-refractivity contribution is 5.76. The van der Waals surface area contributed by atoms with Gasteiger partial charge in [-0.2, -0.15) is 0 Å². The number of aromatic nitrogens is 2. The van der Waals surface area contributed by atoms with Crippen LogP contribution in [-0.4, -0.2) is 29.0 Å². The summed E-state index contributed by atoms with van der Waals surface area (Å²) in [4.78, 5) is 19.6. The average Bonchev–Trinajstić information content (AvgIpc) is 2.89. The molecule has 0 bridgehead atoms. The maximum Gasteiger partial charge on any atom is 0.220 e. The minimum atomic E-state index is 0.118. The van der Waals surface area contributed by atoms with Crippen molar-refractivity contribution >= 4 is 11.7 Å². The number of rotatable bonds is 6. The van der Waals surface area contributed by atoms with Gasteiger partial charge in [0.1, 0.15) is 5.82 Å². The monoisotopic (exact) mass is 246 g/mol. The smallest absolute Gasteiger partial charge is 0.220 e. The van der Waals surface area contributed by atoms with Crippen molar-refractivity contribution in [2.24, 2.45) is 5.92 Å². The normalized spacial score (nSPS) is 17.7. The van der Waals surface area contributed by atoms with Gasteiger partial charge in [-0.05, 0) is 18.8 Å². The molecule has 1 atom stereocenters. The van der Waals surface area contributed by atoms with Crippen LogP contribution in [0.3, 0.4) is 0 Å². The summed E-state index contributed by atoms with van der Waals surface area (Å²) < 4.78 is 0. The quantitative estimate of drug-likeness (QED) is 0.587. The molecule has 1 heterocycles. The molecule has 1 aromatic heterocycles. The van der Waals surface area contributed by atoms with Crippen LogP contribution in [0.15, 0.2) is 30.7 Å². The Kier molecular flexibility index (Phi) is 4.69. The Bertz CT molecular complexity index is 405. The topological polar surface area (TPSA) is 66.9 Å². The first-order chi connectivity index (χ1) is 8.84. The van der Waals surface area contributed by atoms with Crippen molar-refractivity contribution < 1.29 is 4.79 Å². The number of anilines is 1. The summed E-state index contributed by atoms with van der Waals surface area (Å²) in [6, 6.07) is 0. The molecule has 1 aliphatic carbocycles. The van der Waals surface area contributed by atoms with E-state index in [1.54, 1.807) is 18.6 Å². The molecule has 5 nitrogen and oxygen atoms in total. The highest BCUT2D eigenvalue weighted by atomic mass is 16.1. The third-order valence-corrected chi connectivity index (χ3v) is 2.88. The van der Waals surface area contributed by atoms with Crippen molar-refractivity contribution in [3.05, 3.63) is 30.7 Å².